The van der Waals surface area contributed by atoms with Gasteiger partial charge < -0.3 is 14.8 Å². The van der Waals surface area contributed by atoms with Gasteiger partial charge in [-0.15, -0.1) is 0 Å². The third kappa shape index (κ3) is 3.30. The molecule has 4 rings (SSSR count). The Hall–Kier alpha value is -3.02. The molecule has 1 aliphatic heterocycles. The molecule has 3 aromatic rings. The van der Waals surface area contributed by atoms with E-state index in [1.165, 1.54) is 11.1 Å². The Morgan fingerprint density at radius 2 is 1.71 bits per heavy atom. The van der Waals surface area contributed by atoms with Crippen LogP contribution in [0.1, 0.15) is 55.0 Å². The molecule has 0 spiro atoms. The number of methoxy groups -OCH3 is 2. The summed E-state index contributed by atoms with van der Waals surface area (Å²) in [5.74, 6) is 2.75. The van der Waals surface area contributed by atoms with Gasteiger partial charge >= 0.3 is 0 Å². The van der Waals surface area contributed by atoms with Crippen LogP contribution in [-0.4, -0.2) is 29.0 Å². The highest BCUT2D eigenvalue weighted by atomic mass is 16.5. The van der Waals surface area contributed by atoms with Crippen LogP contribution >= 0.6 is 0 Å². The number of benzene rings is 2. The largest absolute Gasteiger partial charge is 0.493 e. The van der Waals surface area contributed by atoms with Crippen molar-refractivity contribution in [3.8, 4) is 11.5 Å². The molecule has 0 aliphatic carbocycles. The van der Waals surface area contributed by atoms with E-state index in [1.807, 2.05) is 16.8 Å². The molecule has 2 atom stereocenters. The number of anilines is 1. The first-order valence-corrected chi connectivity index (χ1v) is 9.58. The first kappa shape index (κ1) is 18.3. The van der Waals surface area contributed by atoms with Crippen molar-refractivity contribution in [1.82, 2.24) is 14.8 Å². The number of ether oxygens (including phenoxy) is 2. The lowest BCUT2D eigenvalue weighted by atomic mass is 9.92. The molecule has 146 valence electrons. The number of rotatable bonds is 5. The molecule has 0 bridgehead atoms. The van der Waals surface area contributed by atoms with E-state index in [9.17, 15) is 0 Å². The van der Waals surface area contributed by atoms with Gasteiger partial charge in [0.2, 0.25) is 5.95 Å². The van der Waals surface area contributed by atoms with Crippen molar-refractivity contribution in [1.29, 1.82) is 0 Å². The zero-order chi connectivity index (χ0) is 19.7. The predicted molar refractivity (Wildman–Crippen MR) is 109 cm³/mol. The van der Waals surface area contributed by atoms with Crippen LogP contribution in [-0.2, 0) is 0 Å². The van der Waals surface area contributed by atoms with Gasteiger partial charge in [-0.1, -0.05) is 44.2 Å². The molecule has 28 heavy (non-hydrogen) atoms. The van der Waals surface area contributed by atoms with Crippen molar-refractivity contribution in [2.24, 2.45) is 0 Å². The second kappa shape index (κ2) is 7.54. The summed E-state index contributed by atoms with van der Waals surface area (Å²) in [6, 6.07) is 15.1. The highest BCUT2D eigenvalue weighted by Crippen LogP contribution is 2.40. The van der Waals surface area contributed by atoms with Gasteiger partial charge in [-0.2, -0.15) is 10.1 Å². The molecule has 0 saturated carbocycles. The standard InChI is InChI=1S/C22H26N4O2/c1-14(2)15-5-7-16(8-6-15)18-12-19(26-22(25-18)23-13-24-26)17-9-10-20(27-3)21(11-17)28-4/h5-11,13-14,18-19H,12H2,1-4H3,(H,23,24,25)/t18-,19+/m0/s1. The van der Waals surface area contributed by atoms with Crippen LogP contribution in [0.5, 0.6) is 11.5 Å². The molecule has 1 N–H and O–H groups in total. The first-order chi connectivity index (χ1) is 13.6. The lowest BCUT2D eigenvalue weighted by Crippen LogP contribution is -2.28. The summed E-state index contributed by atoms with van der Waals surface area (Å²) in [5.41, 5.74) is 3.72. The van der Waals surface area contributed by atoms with E-state index in [4.69, 9.17) is 9.47 Å². The summed E-state index contributed by atoms with van der Waals surface area (Å²) in [7, 11) is 3.30. The van der Waals surface area contributed by atoms with Crippen LogP contribution < -0.4 is 14.8 Å². The van der Waals surface area contributed by atoms with Gasteiger partial charge in [0.05, 0.1) is 26.3 Å². The molecular weight excluding hydrogens is 352 g/mol. The molecular formula is C22H26N4O2. The number of nitrogens with zero attached hydrogens (tertiary/aromatic N) is 3. The summed E-state index contributed by atoms with van der Waals surface area (Å²) in [6.45, 7) is 4.42. The number of hydrogen-bond donors (Lipinski definition) is 1. The fraction of sp³-hybridized carbons (Fsp3) is 0.364. The first-order valence-electron chi connectivity index (χ1n) is 9.58. The maximum Gasteiger partial charge on any atom is 0.222 e. The van der Waals surface area contributed by atoms with Crippen molar-refractivity contribution in [3.05, 3.63) is 65.5 Å². The van der Waals surface area contributed by atoms with Crippen LogP contribution in [0.3, 0.4) is 0 Å². The molecule has 6 nitrogen and oxygen atoms in total. The van der Waals surface area contributed by atoms with E-state index < -0.39 is 0 Å². The molecule has 2 aromatic carbocycles. The quantitative estimate of drug-likeness (QED) is 0.705. The average Bonchev–Trinajstić information content (AvgIpc) is 3.21. The van der Waals surface area contributed by atoms with Crippen molar-refractivity contribution in [3.63, 3.8) is 0 Å². The van der Waals surface area contributed by atoms with E-state index >= 15 is 0 Å². The number of aromatic nitrogens is 3. The lowest BCUT2D eigenvalue weighted by molar-refractivity contribution is 0.352. The van der Waals surface area contributed by atoms with Crippen molar-refractivity contribution in [2.75, 3.05) is 19.5 Å². The van der Waals surface area contributed by atoms with E-state index in [2.05, 4.69) is 59.6 Å². The maximum atomic E-state index is 5.50. The van der Waals surface area contributed by atoms with Crippen LogP contribution in [0, 0.1) is 0 Å². The van der Waals surface area contributed by atoms with Gasteiger partial charge in [-0.05, 0) is 41.2 Å². The minimum absolute atomic E-state index is 0.0633. The number of nitrogens with one attached hydrogen (secondary N) is 1. The Morgan fingerprint density at radius 1 is 1.00 bits per heavy atom. The summed E-state index contributed by atoms with van der Waals surface area (Å²) >= 11 is 0. The van der Waals surface area contributed by atoms with Crippen molar-refractivity contribution < 1.29 is 9.47 Å². The second-order valence-corrected chi connectivity index (χ2v) is 7.41. The van der Waals surface area contributed by atoms with E-state index in [0.717, 1.165) is 29.4 Å². The van der Waals surface area contributed by atoms with E-state index in [-0.39, 0.29) is 12.1 Å². The molecule has 0 radical (unpaired) electrons. The summed E-state index contributed by atoms with van der Waals surface area (Å²) in [4.78, 5) is 4.42. The molecule has 0 fully saturated rings. The molecule has 2 heterocycles. The molecule has 1 aliphatic rings. The topological polar surface area (TPSA) is 61.2 Å². The van der Waals surface area contributed by atoms with Gasteiger partial charge in [-0.3, -0.25) is 0 Å². The number of hydrogen-bond acceptors (Lipinski definition) is 5. The van der Waals surface area contributed by atoms with Gasteiger partial charge in [0.15, 0.2) is 11.5 Å². The van der Waals surface area contributed by atoms with Crippen molar-refractivity contribution in [2.45, 2.75) is 38.3 Å². The summed E-state index contributed by atoms with van der Waals surface area (Å²) < 4.78 is 12.8. The van der Waals surface area contributed by atoms with E-state index in [0.29, 0.717) is 5.92 Å². The highest BCUT2D eigenvalue weighted by Gasteiger charge is 2.30. The Kier molecular flexibility index (Phi) is 4.94. The predicted octanol–water partition coefficient (Wildman–Crippen LogP) is 4.57. The lowest BCUT2D eigenvalue weighted by Gasteiger charge is -2.32. The SMILES string of the molecule is COc1ccc([C@H]2C[C@@H](c3ccc(C(C)C)cc3)Nc3ncnn32)cc1OC. The molecule has 0 amide bonds. The van der Waals surface area contributed by atoms with Crippen LogP contribution in [0.4, 0.5) is 5.95 Å². The van der Waals surface area contributed by atoms with Crippen molar-refractivity contribution >= 4 is 5.95 Å². The van der Waals surface area contributed by atoms with Gasteiger partial charge in [0.25, 0.3) is 0 Å². The van der Waals surface area contributed by atoms with Gasteiger partial charge in [-0.25, -0.2) is 4.68 Å². The Labute approximate surface area is 165 Å². The maximum absolute atomic E-state index is 5.50. The molecule has 0 unspecified atom stereocenters. The minimum atomic E-state index is 0.0633. The van der Waals surface area contributed by atoms with E-state index in [1.54, 1.807) is 20.5 Å². The van der Waals surface area contributed by atoms with Crippen LogP contribution in [0.25, 0.3) is 0 Å². The Morgan fingerprint density at radius 3 is 2.39 bits per heavy atom. The highest BCUT2D eigenvalue weighted by molar-refractivity contribution is 5.46. The fourth-order valence-electron chi connectivity index (χ4n) is 3.79. The Balaban J connectivity index is 1.68. The monoisotopic (exact) mass is 378 g/mol. The summed E-state index contributed by atoms with van der Waals surface area (Å²) in [6.07, 6.45) is 2.47. The third-order valence-corrected chi connectivity index (χ3v) is 5.43. The molecule has 6 heteroatoms. The Bertz CT molecular complexity index is 949. The number of fused-ring (bicyclic) bond motifs is 1. The normalized spacial score (nSPS) is 18.5. The summed E-state index contributed by atoms with van der Waals surface area (Å²) in [5, 5.41) is 7.98. The van der Waals surface area contributed by atoms with Gasteiger partial charge in [0.1, 0.15) is 6.33 Å². The van der Waals surface area contributed by atoms with Crippen LogP contribution in [0.15, 0.2) is 48.8 Å². The third-order valence-electron chi connectivity index (χ3n) is 5.43. The zero-order valence-corrected chi connectivity index (χ0v) is 16.7. The minimum Gasteiger partial charge on any atom is -0.493 e. The van der Waals surface area contributed by atoms with Crippen LogP contribution in [0.2, 0.25) is 0 Å². The second-order valence-electron chi connectivity index (χ2n) is 7.41. The molecule has 1 aromatic heterocycles. The fourth-order valence-corrected chi connectivity index (χ4v) is 3.79. The smallest absolute Gasteiger partial charge is 0.222 e. The average molecular weight is 378 g/mol. The molecule has 0 saturated heterocycles. The zero-order valence-electron chi connectivity index (χ0n) is 16.7. The van der Waals surface area contributed by atoms with Gasteiger partial charge in [0, 0.05) is 0 Å².